The number of hydrogen-bond donors (Lipinski definition) is 0. The van der Waals surface area contributed by atoms with Gasteiger partial charge in [-0.3, -0.25) is 4.98 Å². The van der Waals surface area contributed by atoms with E-state index in [0.717, 1.165) is 42.4 Å². The lowest BCUT2D eigenvalue weighted by molar-refractivity contribution is 0.123. The molecule has 0 aromatic carbocycles. The average Bonchev–Trinajstić information content (AvgIpc) is 2.72. The Morgan fingerprint density at radius 1 is 0.885 bits per heavy atom. The molecule has 1 aromatic rings. The lowest BCUT2D eigenvalue weighted by Crippen LogP contribution is -2.27. The van der Waals surface area contributed by atoms with E-state index in [1.54, 1.807) is 0 Å². The molecule has 0 unspecified atom stereocenters. The number of rotatable bonds is 8. The van der Waals surface area contributed by atoms with Crippen LogP contribution in [0.2, 0.25) is 0 Å². The van der Waals surface area contributed by atoms with Crippen molar-refractivity contribution in [2.24, 2.45) is 23.7 Å². The van der Waals surface area contributed by atoms with Crippen LogP contribution in [0.3, 0.4) is 0 Å². The molecule has 0 atom stereocenters. The molecule has 1 aromatic heterocycles. The van der Waals surface area contributed by atoms with Crippen molar-refractivity contribution in [1.29, 1.82) is 0 Å². The molecule has 2 fully saturated rings. The summed E-state index contributed by atoms with van der Waals surface area (Å²) in [6.07, 6.45) is 18.4. The van der Waals surface area contributed by atoms with Crippen LogP contribution in [0.25, 0.3) is 0 Å². The van der Waals surface area contributed by atoms with Crippen LogP contribution in [0.5, 0.6) is 5.75 Å². The van der Waals surface area contributed by atoms with Gasteiger partial charge in [-0.15, -0.1) is 0 Å². The molecular weight excluding hydrogens is 318 g/mol. The van der Waals surface area contributed by atoms with E-state index in [-0.39, 0.29) is 0 Å². The molecule has 2 aliphatic carbocycles. The fourth-order valence-electron chi connectivity index (χ4n) is 5.11. The minimum Gasteiger partial charge on any atom is -0.492 e. The average molecular weight is 358 g/mol. The fourth-order valence-corrected chi connectivity index (χ4v) is 5.11. The molecule has 1 heterocycles. The third kappa shape index (κ3) is 5.72. The van der Waals surface area contributed by atoms with Gasteiger partial charge in [0.1, 0.15) is 5.75 Å². The van der Waals surface area contributed by atoms with Crippen molar-refractivity contribution < 1.29 is 4.74 Å². The Morgan fingerprint density at radius 3 is 2.08 bits per heavy atom. The van der Waals surface area contributed by atoms with Crippen LogP contribution in [0.15, 0.2) is 18.3 Å². The molecule has 26 heavy (non-hydrogen) atoms. The Morgan fingerprint density at radius 2 is 1.54 bits per heavy atom. The minimum atomic E-state index is 0.748. The first kappa shape index (κ1) is 19.7. The summed E-state index contributed by atoms with van der Waals surface area (Å²) in [6.45, 7) is 5.47. The lowest BCUT2D eigenvalue weighted by Gasteiger charge is -2.37. The third-order valence-corrected chi connectivity index (χ3v) is 7.10. The van der Waals surface area contributed by atoms with Crippen molar-refractivity contribution in [3.8, 4) is 5.75 Å². The molecule has 2 saturated carbocycles. The van der Waals surface area contributed by atoms with Crippen molar-refractivity contribution in [3.63, 3.8) is 0 Å². The number of nitrogens with zero attached hydrogens (tertiary/aromatic N) is 1. The monoisotopic (exact) mass is 357 g/mol. The van der Waals surface area contributed by atoms with Gasteiger partial charge in [-0.2, -0.15) is 0 Å². The van der Waals surface area contributed by atoms with E-state index in [0.29, 0.717) is 0 Å². The van der Waals surface area contributed by atoms with Crippen molar-refractivity contribution >= 4 is 0 Å². The molecular formula is C24H39NO. The van der Waals surface area contributed by atoms with Gasteiger partial charge in [-0.1, -0.05) is 39.5 Å². The van der Waals surface area contributed by atoms with Gasteiger partial charge in [0.15, 0.2) is 0 Å². The number of pyridine rings is 1. The van der Waals surface area contributed by atoms with Crippen LogP contribution in [0, 0.1) is 23.7 Å². The van der Waals surface area contributed by atoms with Crippen LogP contribution >= 0.6 is 0 Å². The highest BCUT2D eigenvalue weighted by atomic mass is 16.5. The molecule has 0 bridgehead atoms. The van der Waals surface area contributed by atoms with Gasteiger partial charge in [0.25, 0.3) is 0 Å². The number of aryl methyl sites for hydroxylation is 1. The van der Waals surface area contributed by atoms with E-state index in [1.165, 1.54) is 76.3 Å². The first-order chi connectivity index (χ1) is 12.8. The topological polar surface area (TPSA) is 22.1 Å². The van der Waals surface area contributed by atoms with Gasteiger partial charge in [0, 0.05) is 5.69 Å². The zero-order valence-corrected chi connectivity index (χ0v) is 17.1. The molecule has 2 nitrogen and oxygen atoms in total. The van der Waals surface area contributed by atoms with Crippen LogP contribution < -0.4 is 4.74 Å². The molecule has 2 aliphatic rings. The zero-order valence-electron chi connectivity index (χ0n) is 17.1. The van der Waals surface area contributed by atoms with Gasteiger partial charge < -0.3 is 4.74 Å². The van der Waals surface area contributed by atoms with Crippen molar-refractivity contribution in [2.75, 3.05) is 6.61 Å². The van der Waals surface area contributed by atoms with Crippen LogP contribution in [0.1, 0.15) is 90.2 Å². The quantitative estimate of drug-likeness (QED) is 0.509. The first-order valence-corrected chi connectivity index (χ1v) is 11.4. The number of unbranched alkanes of at least 4 members (excludes halogenated alkanes) is 1. The summed E-state index contributed by atoms with van der Waals surface area (Å²) in [5, 5.41) is 0. The van der Waals surface area contributed by atoms with Gasteiger partial charge in [-0.25, -0.2) is 0 Å². The molecule has 0 saturated heterocycles. The summed E-state index contributed by atoms with van der Waals surface area (Å²) in [5.41, 5.74) is 1.19. The Bertz CT molecular complexity index is 495. The summed E-state index contributed by atoms with van der Waals surface area (Å²) in [4.78, 5) is 4.54. The van der Waals surface area contributed by atoms with Crippen molar-refractivity contribution in [3.05, 3.63) is 24.0 Å². The van der Waals surface area contributed by atoms with E-state index in [2.05, 4.69) is 31.0 Å². The smallest absolute Gasteiger partial charge is 0.137 e. The van der Waals surface area contributed by atoms with Gasteiger partial charge >= 0.3 is 0 Å². The zero-order chi connectivity index (χ0) is 18.2. The van der Waals surface area contributed by atoms with Crippen molar-refractivity contribution in [2.45, 2.75) is 90.9 Å². The van der Waals surface area contributed by atoms with Gasteiger partial charge in [0.2, 0.25) is 0 Å². The summed E-state index contributed by atoms with van der Waals surface area (Å²) in [5.74, 6) is 4.75. The molecule has 146 valence electrons. The van der Waals surface area contributed by atoms with Gasteiger partial charge in [-0.05, 0) is 87.2 Å². The third-order valence-electron chi connectivity index (χ3n) is 7.10. The molecule has 0 amide bonds. The maximum Gasteiger partial charge on any atom is 0.137 e. The summed E-state index contributed by atoms with van der Waals surface area (Å²) in [7, 11) is 0. The number of aromatic nitrogens is 1. The Balaban J connectivity index is 1.35. The van der Waals surface area contributed by atoms with Crippen LogP contribution in [0.4, 0.5) is 0 Å². The highest BCUT2D eigenvalue weighted by Gasteiger charge is 2.30. The van der Waals surface area contributed by atoms with E-state index >= 15 is 0 Å². The van der Waals surface area contributed by atoms with Crippen LogP contribution in [-0.2, 0) is 6.42 Å². The second-order valence-electron chi connectivity index (χ2n) is 8.87. The highest BCUT2D eigenvalue weighted by Crippen LogP contribution is 2.41. The second-order valence-corrected chi connectivity index (χ2v) is 8.87. The molecule has 2 heteroatoms. The van der Waals surface area contributed by atoms with E-state index in [1.807, 2.05) is 6.20 Å². The van der Waals surface area contributed by atoms with Crippen molar-refractivity contribution in [1.82, 2.24) is 4.98 Å². The Labute approximate surface area is 161 Å². The predicted molar refractivity (Wildman–Crippen MR) is 110 cm³/mol. The lowest BCUT2D eigenvalue weighted by atomic mass is 9.69. The summed E-state index contributed by atoms with van der Waals surface area (Å²) in [6, 6.07) is 4.24. The van der Waals surface area contributed by atoms with E-state index in [9.17, 15) is 0 Å². The molecule has 0 spiro atoms. The standard InChI is InChI=1S/C24H39NO/c1-3-5-6-23-15-16-24(17-25-23)26-18-20-9-13-22(14-10-20)21-11-7-19(4-2)8-12-21/h15-17,19-22H,3-14,18H2,1-2H3. The Hall–Kier alpha value is -1.05. The highest BCUT2D eigenvalue weighted by molar-refractivity contribution is 5.19. The summed E-state index contributed by atoms with van der Waals surface area (Å²) < 4.78 is 6.05. The number of ether oxygens (including phenoxy) is 1. The van der Waals surface area contributed by atoms with E-state index < -0.39 is 0 Å². The second kappa shape index (κ2) is 10.3. The maximum absolute atomic E-state index is 6.05. The molecule has 0 radical (unpaired) electrons. The maximum atomic E-state index is 6.05. The largest absolute Gasteiger partial charge is 0.492 e. The SMILES string of the molecule is CCCCc1ccc(OCC2CCC(C3CCC(CC)CC3)CC2)cn1. The molecule has 3 rings (SSSR count). The predicted octanol–water partition coefficient (Wildman–Crippen LogP) is 6.83. The summed E-state index contributed by atoms with van der Waals surface area (Å²) >= 11 is 0. The van der Waals surface area contributed by atoms with E-state index in [4.69, 9.17) is 4.74 Å². The molecule has 0 aliphatic heterocycles. The minimum absolute atomic E-state index is 0.748. The fraction of sp³-hybridized carbons (Fsp3) is 0.792. The number of hydrogen-bond acceptors (Lipinski definition) is 2. The normalized spacial score (nSPS) is 29.5. The van der Waals surface area contributed by atoms with Crippen LogP contribution in [-0.4, -0.2) is 11.6 Å². The first-order valence-electron chi connectivity index (χ1n) is 11.4. The Kier molecular flexibility index (Phi) is 7.83. The molecule has 0 N–H and O–H groups in total. The van der Waals surface area contributed by atoms with Gasteiger partial charge in [0.05, 0.1) is 12.8 Å².